The predicted molar refractivity (Wildman–Crippen MR) is 87.1 cm³/mol. The van der Waals surface area contributed by atoms with Crippen molar-refractivity contribution >= 4 is 23.5 Å². The van der Waals surface area contributed by atoms with Gasteiger partial charge in [0.15, 0.2) is 0 Å². The van der Waals surface area contributed by atoms with E-state index in [0.29, 0.717) is 11.3 Å². The quantitative estimate of drug-likeness (QED) is 0.837. The Labute approximate surface area is 125 Å². The lowest BCUT2D eigenvalue weighted by Crippen LogP contribution is -2.36. The highest BCUT2D eigenvalue weighted by Gasteiger charge is 2.28. The SMILES string of the molecule is CCCNC(c1nccn1CCC)C1CSCCS1. The number of thioether (sulfide) groups is 2. The van der Waals surface area contributed by atoms with Gasteiger partial charge in [0.05, 0.1) is 6.04 Å². The summed E-state index contributed by atoms with van der Waals surface area (Å²) in [6, 6.07) is 0.402. The zero-order valence-electron chi connectivity index (χ0n) is 12.0. The molecule has 0 saturated carbocycles. The van der Waals surface area contributed by atoms with Crippen LogP contribution in [0.3, 0.4) is 0 Å². The number of hydrogen-bond donors (Lipinski definition) is 1. The van der Waals surface area contributed by atoms with Crippen LogP contribution >= 0.6 is 23.5 Å². The Bertz CT molecular complexity index is 361. The predicted octanol–water partition coefficient (Wildman–Crippen LogP) is 3.18. The molecule has 1 aliphatic rings. The third kappa shape index (κ3) is 4.17. The number of aryl methyl sites for hydroxylation is 1. The average Bonchev–Trinajstić information content (AvgIpc) is 2.89. The van der Waals surface area contributed by atoms with Gasteiger partial charge in [0.2, 0.25) is 0 Å². The van der Waals surface area contributed by atoms with Gasteiger partial charge in [-0.25, -0.2) is 4.98 Å². The Morgan fingerprint density at radius 3 is 3.00 bits per heavy atom. The van der Waals surface area contributed by atoms with E-state index in [4.69, 9.17) is 0 Å². The molecule has 0 aromatic carbocycles. The molecule has 1 N–H and O–H groups in total. The van der Waals surface area contributed by atoms with E-state index >= 15 is 0 Å². The van der Waals surface area contributed by atoms with Crippen molar-refractivity contribution in [3.8, 4) is 0 Å². The smallest absolute Gasteiger partial charge is 0.127 e. The van der Waals surface area contributed by atoms with E-state index in [2.05, 4.69) is 58.4 Å². The molecule has 19 heavy (non-hydrogen) atoms. The van der Waals surface area contributed by atoms with Crippen LogP contribution in [-0.4, -0.2) is 38.6 Å². The second kappa shape index (κ2) is 8.22. The van der Waals surface area contributed by atoms with Crippen LogP contribution in [0.1, 0.15) is 38.6 Å². The van der Waals surface area contributed by atoms with Gasteiger partial charge in [-0.3, -0.25) is 0 Å². The van der Waals surface area contributed by atoms with Gasteiger partial charge in [-0.05, 0) is 19.4 Å². The van der Waals surface area contributed by atoms with Crippen molar-refractivity contribution in [2.75, 3.05) is 23.8 Å². The molecule has 2 atom stereocenters. The van der Waals surface area contributed by atoms with Crippen molar-refractivity contribution in [1.29, 1.82) is 0 Å². The fourth-order valence-electron chi connectivity index (χ4n) is 2.42. The number of hydrogen-bond acceptors (Lipinski definition) is 4. The number of nitrogens with one attached hydrogen (secondary N) is 1. The Balaban J connectivity index is 2.12. The van der Waals surface area contributed by atoms with E-state index < -0.39 is 0 Å². The molecular weight excluding hydrogens is 274 g/mol. The minimum atomic E-state index is 0.402. The summed E-state index contributed by atoms with van der Waals surface area (Å²) in [4.78, 5) is 4.64. The maximum absolute atomic E-state index is 4.64. The van der Waals surface area contributed by atoms with Gasteiger partial charge in [-0.15, -0.1) is 0 Å². The van der Waals surface area contributed by atoms with Gasteiger partial charge in [0.25, 0.3) is 0 Å². The van der Waals surface area contributed by atoms with E-state index in [0.717, 1.165) is 19.5 Å². The standard InChI is InChI=1S/C14H25N3S2/c1-3-5-15-13(12-11-18-9-10-19-12)14-16-6-8-17(14)7-4-2/h6,8,12-13,15H,3-5,7,9-11H2,1-2H3. The fourth-order valence-corrected chi connectivity index (χ4v) is 5.25. The first kappa shape index (κ1) is 15.3. The molecule has 2 rings (SSSR count). The van der Waals surface area contributed by atoms with Crippen molar-refractivity contribution in [3.63, 3.8) is 0 Å². The van der Waals surface area contributed by atoms with Crippen molar-refractivity contribution in [3.05, 3.63) is 18.2 Å². The lowest BCUT2D eigenvalue weighted by molar-refractivity contribution is 0.477. The molecule has 1 saturated heterocycles. The summed E-state index contributed by atoms with van der Waals surface area (Å²) in [5.41, 5.74) is 0. The molecular formula is C14H25N3S2. The number of rotatable bonds is 7. The molecule has 2 heterocycles. The Morgan fingerprint density at radius 2 is 2.32 bits per heavy atom. The number of nitrogens with zero attached hydrogens (tertiary/aromatic N) is 2. The van der Waals surface area contributed by atoms with E-state index in [1.165, 1.54) is 29.5 Å². The Morgan fingerprint density at radius 1 is 1.42 bits per heavy atom. The van der Waals surface area contributed by atoms with Crippen LogP contribution in [0.5, 0.6) is 0 Å². The number of aromatic nitrogens is 2. The summed E-state index contributed by atoms with van der Waals surface area (Å²) < 4.78 is 2.33. The highest BCUT2D eigenvalue weighted by molar-refractivity contribution is 8.06. The molecule has 5 heteroatoms. The summed E-state index contributed by atoms with van der Waals surface area (Å²) >= 11 is 4.19. The first-order valence-corrected chi connectivity index (χ1v) is 9.51. The van der Waals surface area contributed by atoms with Gasteiger partial charge in [-0.1, -0.05) is 13.8 Å². The molecule has 2 unspecified atom stereocenters. The summed E-state index contributed by atoms with van der Waals surface area (Å²) in [6.45, 7) is 6.60. The molecule has 3 nitrogen and oxygen atoms in total. The van der Waals surface area contributed by atoms with E-state index in [9.17, 15) is 0 Å². The molecule has 0 bridgehead atoms. The summed E-state index contributed by atoms with van der Waals surface area (Å²) in [6.07, 6.45) is 6.41. The minimum absolute atomic E-state index is 0.402. The Kier molecular flexibility index (Phi) is 6.61. The third-order valence-electron chi connectivity index (χ3n) is 3.32. The highest BCUT2D eigenvalue weighted by atomic mass is 32.2. The second-order valence-electron chi connectivity index (χ2n) is 4.89. The maximum atomic E-state index is 4.64. The van der Waals surface area contributed by atoms with Gasteiger partial charge >= 0.3 is 0 Å². The lowest BCUT2D eigenvalue weighted by atomic mass is 10.2. The zero-order chi connectivity index (χ0) is 13.5. The van der Waals surface area contributed by atoms with E-state index in [1.54, 1.807) is 0 Å². The molecule has 1 aromatic heterocycles. The maximum Gasteiger partial charge on any atom is 0.127 e. The van der Waals surface area contributed by atoms with Crippen molar-refractivity contribution < 1.29 is 0 Å². The van der Waals surface area contributed by atoms with Crippen LogP contribution in [-0.2, 0) is 6.54 Å². The molecule has 108 valence electrons. The van der Waals surface area contributed by atoms with Crippen LogP contribution in [0, 0.1) is 0 Å². The van der Waals surface area contributed by atoms with Crippen LogP contribution in [0.2, 0.25) is 0 Å². The van der Waals surface area contributed by atoms with Crippen LogP contribution in [0.25, 0.3) is 0 Å². The monoisotopic (exact) mass is 299 g/mol. The lowest BCUT2D eigenvalue weighted by Gasteiger charge is -2.30. The first-order valence-electron chi connectivity index (χ1n) is 7.30. The third-order valence-corrected chi connectivity index (χ3v) is 6.18. The summed E-state index contributed by atoms with van der Waals surface area (Å²) in [7, 11) is 0. The van der Waals surface area contributed by atoms with Gasteiger partial charge < -0.3 is 9.88 Å². The molecule has 0 radical (unpaired) electrons. The molecule has 0 aliphatic carbocycles. The van der Waals surface area contributed by atoms with Crippen LogP contribution < -0.4 is 5.32 Å². The number of imidazole rings is 1. The summed E-state index contributed by atoms with van der Waals surface area (Å²) in [5.74, 6) is 5.04. The first-order chi connectivity index (χ1) is 9.36. The van der Waals surface area contributed by atoms with Crippen molar-refractivity contribution in [1.82, 2.24) is 14.9 Å². The zero-order valence-corrected chi connectivity index (χ0v) is 13.6. The second-order valence-corrected chi connectivity index (χ2v) is 7.39. The highest BCUT2D eigenvalue weighted by Crippen LogP contribution is 2.33. The van der Waals surface area contributed by atoms with Gasteiger partial charge in [-0.2, -0.15) is 23.5 Å². The van der Waals surface area contributed by atoms with Crippen molar-refractivity contribution in [2.45, 2.75) is 44.5 Å². The van der Waals surface area contributed by atoms with Gasteiger partial charge in [0.1, 0.15) is 5.82 Å². The molecule has 1 aromatic rings. The molecule has 1 fully saturated rings. The normalized spacial score (nSPS) is 21.5. The van der Waals surface area contributed by atoms with E-state index in [1.807, 2.05) is 6.20 Å². The average molecular weight is 300 g/mol. The summed E-state index contributed by atoms with van der Waals surface area (Å²) in [5, 5.41) is 4.38. The van der Waals surface area contributed by atoms with Crippen LogP contribution in [0.4, 0.5) is 0 Å². The largest absolute Gasteiger partial charge is 0.334 e. The fraction of sp³-hybridized carbons (Fsp3) is 0.786. The molecule has 0 amide bonds. The minimum Gasteiger partial charge on any atom is -0.334 e. The topological polar surface area (TPSA) is 29.9 Å². The Hall–Kier alpha value is -0.130. The van der Waals surface area contributed by atoms with E-state index in [-0.39, 0.29) is 0 Å². The molecule has 0 spiro atoms. The van der Waals surface area contributed by atoms with Gasteiger partial charge in [0, 0.05) is 41.4 Å². The van der Waals surface area contributed by atoms with Crippen LogP contribution in [0.15, 0.2) is 12.4 Å². The van der Waals surface area contributed by atoms with Crippen molar-refractivity contribution in [2.24, 2.45) is 0 Å². The molecule has 1 aliphatic heterocycles.